The normalized spacial score (nSPS) is 12.0. The quantitative estimate of drug-likeness (QED) is 0.126. The molecule has 0 radical (unpaired) electrons. The van der Waals surface area contributed by atoms with Gasteiger partial charge in [-0.05, 0) is 38.0 Å². The van der Waals surface area contributed by atoms with Gasteiger partial charge in [0.15, 0.2) is 0 Å². The molecule has 0 heterocycles. The average molecular weight is 443 g/mol. The Morgan fingerprint density at radius 3 is 1.61 bits per heavy atom. The fourth-order valence-corrected chi connectivity index (χ4v) is 3.47. The minimum absolute atomic E-state index is 0.0507. The van der Waals surface area contributed by atoms with Crippen molar-refractivity contribution in [1.82, 2.24) is 0 Å². The lowest BCUT2D eigenvalue weighted by atomic mass is 10.1. The van der Waals surface area contributed by atoms with Gasteiger partial charge in [-0.25, -0.2) is 0 Å². The molecule has 0 N–H and O–H groups in total. The Bertz CT molecular complexity index is 411. The van der Waals surface area contributed by atoms with E-state index in [0.717, 1.165) is 70.8 Å². The molecule has 0 aliphatic carbocycles. The second-order valence-corrected chi connectivity index (χ2v) is 8.86. The minimum Gasteiger partial charge on any atom is -0.466 e. The second-order valence-electron chi connectivity index (χ2n) is 8.86. The molecule has 0 amide bonds. The van der Waals surface area contributed by atoms with Crippen molar-refractivity contribution in [3.63, 3.8) is 0 Å². The van der Waals surface area contributed by atoms with Crippen LogP contribution in [0.25, 0.3) is 0 Å². The molecule has 5 heteroatoms. The lowest BCUT2D eigenvalue weighted by Crippen LogP contribution is -2.09. The summed E-state index contributed by atoms with van der Waals surface area (Å²) in [6.07, 6.45) is 17.7. The highest BCUT2D eigenvalue weighted by atomic mass is 16.5. The van der Waals surface area contributed by atoms with Gasteiger partial charge in [-0.2, -0.15) is 0 Å². The Labute approximate surface area is 192 Å². The lowest BCUT2D eigenvalue weighted by Gasteiger charge is -2.11. The van der Waals surface area contributed by atoms with E-state index in [1.165, 1.54) is 32.1 Å². The molecule has 0 aromatic rings. The summed E-state index contributed by atoms with van der Waals surface area (Å²) >= 11 is 0. The molecule has 1 unspecified atom stereocenters. The Morgan fingerprint density at radius 1 is 0.613 bits per heavy atom. The van der Waals surface area contributed by atoms with E-state index in [1.54, 1.807) is 7.11 Å². The molecular weight excluding hydrogens is 392 g/mol. The molecule has 0 saturated carbocycles. The number of ether oxygens (including phenoxy) is 3. The monoisotopic (exact) mass is 442 g/mol. The van der Waals surface area contributed by atoms with Crippen LogP contribution < -0.4 is 0 Å². The van der Waals surface area contributed by atoms with Gasteiger partial charge in [-0.3, -0.25) is 9.59 Å². The Balaban J connectivity index is 3.32. The van der Waals surface area contributed by atoms with E-state index in [1.807, 2.05) is 0 Å². The van der Waals surface area contributed by atoms with E-state index >= 15 is 0 Å². The Hall–Kier alpha value is -1.10. The summed E-state index contributed by atoms with van der Waals surface area (Å²) in [7, 11) is 1.71. The second kappa shape index (κ2) is 23.6. The number of unbranched alkanes of at least 4 members (excludes halogenated alkanes) is 11. The van der Waals surface area contributed by atoms with Gasteiger partial charge in [0.1, 0.15) is 0 Å². The smallest absolute Gasteiger partial charge is 0.305 e. The zero-order chi connectivity index (χ0) is 23.0. The van der Waals surface area contributed by atoms with Crippen LogP contribution in [-0.2, 0) is 23.8 Å². The predicted molar refractivity (Wildman–Crippen MR) is 127 cm³/mol. The summed E-state index contributed by atoms with van der Waals surface area (Å²) in [6.45, 7) is 6.24. The molecule has 5 nitrogen and oxygen atoms in total. The first-order chi connectivity index (χ1) is 15.1. The number of rotatable bonds is 23. The summed E-state index contributed by atoms with van der Waals surface area (Å²) in [6, 6.07) is 0. The van der Waals surface area contributed by atoms with Crippen molar-refractivity contribution in [2.45, 2.75) is 123 Å². The van der Waals surface area contributed by atoms with E-state index in [9.17, 15) is 9.59 Å². The van der Waals surface area contributed by atoms with E-state index in [2.05, 4.69) is 13.8 Å². The van der Waals surface area contributed by atoms with E-state index in [0.29, 0.717) is 32.0 Å². The van der Waals surface area contributed by atoms with Crippen LogP contribution in [0.15, 0.2) is 0 Å². The van der Waals surface area contributed by atoms with Gasteiger partial charge < -0.3 is 14.2 Å². The maximum Gasteiger partial charge on any atom is 0.305 e. The standard InChI is InChI=1S/C26H50O5/c1-4-5-6-7-10-13-16-21-30-25(27)17-14-11-8-9-12-15-18-26(28)31-23-20-24(2)19-22-29-3/h24H,4-23H2,1-3H3. The zero-order valence-corrected chi connectivity index (χ0v) is 20.8. The molecule has 0 bridgehead atoms. The first-order valence-electron chi connectivity index (χ1n) is 12.9. The molecule has 0 aromatic carbocycles. The number of carbonyl (C=O) groups excluding carboxylic acids is 2. The van der Waals surface area contributed by atoms with Crippen LogP contribution in [0.5, 0.6) is 0 Å². The van der Waals surface area contributed by atoms with Gasteiger partial charge >= 0.3 is 11.9 Å². The summed E-state index contributed by atoms with van der Waals surface area (Å²) in [5.41, 5.74) is 0. The summed E-state index contributed by atoms with van der Waals surface area (Å²) in [5.74, 6) is 0.387. The van der Waals surface area contributed by atoms with Crippen LogP contribution in [0.4, 0.5) is 0 Å². The molecule has 1 atom stereocenters. The highest BCUT2D eigenvalue weighted by molar-refractivity contribution is 5.69. The SMILES string of the molecule is CCCCCCCCCOC(=O)CCCCCCCCC(=O)OCCC(C)CCOC. The molecule has 0 fully saturated rings. The van der Waals surface area contributed by atoms with Crippen molar-refractivity contribution in [1.29, 1.82) is 0 Å². The fraction of sp³-hybridized carbons (Fsp3) is 0.923. The van der Waals surface area contributed by atoms with Crippen molar-refractivity contribution in [3.05, 3.63) is 0 Å². The molecule has 0 spiro atoms. The number of esters is 2. The van der Waals surface area contributed by atoms with Crippen LogP contribution in [-0.4, -0.2) is 38.9 Å². The fourth-order valence-electron chi connectivity index (χ4n) is 3.47. The average Bonchev–Trinajstić information content (AvgIpc) is 2.76. The maximum absolute atomic E-state index is 11.7. The minimum atomic E-state index is -0.0809. The largest absolute Gasteiger partial charge is 0.466 e. The molecular formula is C26H50O5. The number of hydrogen-bond acceptors (Lipinski definition) is 5. The van der Waals surface area contributed by atoms with Gasteiger partial charge in [0.05, 0.1) is 13.2 Å². The van der Waals surface area contributed by atoms with E-state index in [-0.39, 0.29) is 11.9 Å². The first kappa shape index (κ1) is 29.9. The van der Waals surface area contributed by atoms with Crippen LogP contribution in [0.1, 0.15) is 123 Å². The van der Waals surface area contributed by atoms with Crippen molar-refractivity contribution in [3.8, 4) is 0 Å². The third-order valence-electron chi connectivity index (χ3n) is 5.71. The molecule has 0 aromatic heterocycles. The van der Waals surface area contributed by atoms with Crippen molar-refractivity contribution < 1.29 is 23.8 Å². The molecule has 184 valence electrons. The van der Waals surface area contributed by atoms with Crippen molar-refractivity contribution >= 4 is 11.9 Å². The highest BCUT2D eigenvalue weighted by Gasteiger charge is 2.06. The van der Waals surface area contributed by atoms with E-state index < -0.39 is 0 Å². The predicted octanol–water partition coefficient (Wildman–Crippen LogP) is 7.01. The van der Waals surface area contributed by atoms with Crippen LogP contribution in [0.3, 0.4) is 0 Å². The lowest BCUT2D eigenvalue weighted by molar-refractivity contribution is -0.145. The number of hydrogen-bond donors (Lipinski definition) is 0. The van der Waals surface area contributed by atoms with Crippen LogP contribution in [0.2, 0.25) is 0 Å². The third-order valence-corrected chi connectivity index (χ3v) is 5.71. The Kier molecular flexibility index (Phi) is 22.7. The highest BCUT2D eigenvalue weighted by Crippen LogP contribution is 2.11. The molecule has 0 aliphatic rings. The molecule has 0 saturated heterocycles. The van der Waals surface area contributed by atoms with Gasteiger partial charge in [0.2, 0.25) is 0 Å². The molecule has 31 heavy (non-hydrogen) atoms. The van der Waals surface area contributed by atoms with Crippen molar-refractivity contribution in [2.24, 2.45) is 5.92 Å². The van der Waals surface area contributed by atoms with Gasteiger partial charge in [0.25, 0.3) is 0 Å². The zero-order valence-electron chi connectivity index (χ0n) is 20.8. The van der Waals surface area contributed by atoms with Crippen LogP contribution in [0, 0.1) is 5.92 Å². The van der Waals surface area contributed by atoms with Gasteiger partial charge in [-0.15, -0.1) is 0 Å². The van der Waals surface area contributed by atoms with Crippen LogP contribution >= 0.6 is 0 Å². The molecule has 0 aliphatic heterocycles. The maximum atomic E-state index is 11.7. The summed E-state index contributed by atoms with van der Waals surface area (Å²) < 4.78 is 15.7. The first-order valence-corrected chi connectivity index (χ1v) is 12.9. The summed E-state index contributed by atoms with van der Waals surface area (Å²) in [5, 5.41) is 0. The topological polar surface area (TPSA) is 61.8 Å². The van der Waals surface area contributed by atoms with E-state index in [4.69, 9.17) is 14.2 Å². The Morgan fingerprint density at radius 2 is 1.06 bits per heavy atom. The summed E-state index contributed by atoms with van der Waals surface area (Å²) in [4.78, 5) is 23.5. The van der Waals surface area contributed by atoms with Gasteiger partial charge in [0, 0.05) is 26.6 Å². The number of carbonyl (C=O) groups is 2. The number of methoxy groups -OCH3 is 1. The van der Waals surface area contributed by atoms with Crippen molar-refractivity contribution in [2.75, 3.05) is 26.9 Å². The van der Waals surface area contributed by atoms with Gasteiger partial charge in [-0.1, -0.05) is 78.1 Å². The molecule has 0 rings (SSSR count). The third kappa shape index (κ3) is 23.4.